The summed E-state index contributed by atoms with van der Waals surface area (Å²) in [6.45, 7) is 16.4. The van der Waals surface area contributed by atoms with Gasteiger partial charge in [0.25, 0.3) is 0 Å². The van der Waals surface area contributed by atoms with Crippen molar-refractivity contribution in [1.29, 1.82) is 0 Å². The van der Waals surface area contributed by atoms with Gasteiger partial charge >= 0.3 is 0 Å². The molecule has 108 valence electrons. The molecule has 0 aromatic carbocycles. The Balaban J connectivity index is 2.59. The molecule has 0 aliphatic heterocycles. The van der Waals surface area contributed by atoms with E-state index in [4.69, 9.17) is 0 Å². The van der Waals surface area contributed by atoms with E-state index in [2.05, 4.69) is 44.8 Å². The molecule has 0 bridgehead atoms. The van der Waals surface area contributed by atoms with Gasteiger partial charge in [0.15, 0.2) is 0 Å². The Kier molecular flexibility index (Phi) is 7.25. The lowest BCUT2D eigenvalue weighted by Gasteiger charge is -2.40. The average molecular weight is 254 g/mol. The molecule has 0 spiro atoms. The summed E-state index contributed by atoms with van der Waals surface area (Å²) in [5.74, 6) is 2.65. The maximum absolute atomic E-state index is 3.72. The SMILES string of the molecule is CCNC1CCC(C(C)C)CC1CN(CC)CC. The maximum atomic E-state index is 3.72. The quantitative estimate of drug-likeness (QED) is 0.749. The van der Waals surface area contributed by atoms with Gasteiger partial charge in [-0.3, -0.25) is 0 Å². The summed E-state index contributed by atoms with van der Waals surface area (Å²) in [7, 11) is 0. The van der Waals surface area contributed by atoms with Crippen LogP contribution in [0.1, 0.15) is 53.9 Å². The average Bonchev–Trinajstić information content (AvgIpc) is 2.37. The predicted octanol–water partition coefficient (Wildman–Crippen LogP) is 3.38. The number of hydrogen-bond acceptors (Lipinski definition) is 2. The van der Waals surface area contributed by atoms with Crippen molar-refractivity contribution in [1.82, 2.24) is 10.2 Å². The molecule has 18 heavy (non-hydrogen) atoms. The monoisotopic (exact) mass is 254 g/mol. The third kappa shape index (κ3) is 4.55. The van der Waals surface area contributed by atoms with Crippen molar-refractivity contribution in [3.8, 4) is 0 Å². The summed E-state index contributed by atoms with van der Waals surface area (Å²) in [6.07, 6.45) is 4.22. The Labute approximate surface area is 115 Å². The Bertz CT molecular complexity index is 209. The van der Waals surface area contributed by atoms with Gasteiger partial charge in [-0.2, -0.15) is 0 Å². The van der Waals surface area contributed by atoms with Crippen LogP contribution in [-0.2, 0) is 0 Å². The summed E-state index contributed by atoms with van der Waals surface area (Å²) in [5.41, 5.74) is 0. The first-order chi connectivity index (χ1) is 8.62. The summed E-state index contributed by atoms with van der Waals surface area (Å²) in [6, 6.07) is 0.755. The van der Waals surface area contributed by atoms with Crippen LogP contribution < -0.4 is 5.32 Å². The van der Waals surface area contributed by atoms with Gasteiger partial charge in [0.2, 0.25) is 0 Å². The molecular formula is C16H34N2. The molecule has 1 saturated carbocycles. The summed E-state index contributed by atoms with van der Waals surface area (Å²) < 4.78 is 0. The van der Waals surface area contributed by atoms with Crippen LogP contribution in [-0.4, -0.2) is 37.1 Å². The fraction of sp³-hybridized carbons (Fsp3) is 1.00. The van der Waals surface area contributed by atoms with Crippen molar-refractivity contribution in [2.75, 3.05) is 26.2 Å². The van der Waals surface area contributed by atoms with E-state index in [-0.39, 0.29) is 0 Å². The molecule has 0 radical (unpaired) electrons. The molecule has 1 aliphatic rings. The molecule has 2 nitrogen and oxygen atoms in total. The first-order valence-electron chi connectivity index (χ1n) is 8.07. The molecular weight excluding hydrogens is 220 g/mol. The van der Waals surface area contributed by atoms with Crippen LogP contribution in [0.15, 0.2) is 0 Å². The Morgan fingerprint density at radius 2 is 1.78 bits per heavy atom. The zero-order chi connectivity index (χ0) is 13.5. The summed E-state index contributed by atoms with van der Waals surface area (Å²) in [5, 5.41) is 3.72. The van der Waals surface area contributed by atoms with E-state index in [1.54, 1.807) is 0 Å². The zero-order valence-corrected chi connectivity index (χ0v) is 13.2. The summed E-state index contributed by atoms with van der Waals surface area (Å²) >= 11 is 0. The minimum Gasteiger partial charge on any atom is -0.314 e. The third-order valence-corrected chi connectivity index (χ3v) is 4.82. The van der Waals surface area contributed by atoms with Crippen LogP contribution >= 0.6 is 0 Å². The third-order valence-electron chi connectivity index (χ3n) is 4.82. The van der Waals surface area contributed by atoms with Crippen molar-refractivity contribution < 1.29 is 0 Å². The second kappa shape index (κ2) is 8.16. The predicted molar refractivity (Wildman–Crippen MR) is 80.9 cm³/mol. The molecule has 1 fully saturated rings. The first-order valence-corrected chi connectivity index (χ1v) is 8.07. The molecule has 1 rings (SSSR count). The van der Waals surface area contributed by atoms with Gasteiger partial charge in [-0.15, -0.1) is 0 Å². The Morgan fingerprint density at radius 3 is 2.28 bits per heavy atom. The van der Waals surface area contributed by atoms with Crippen LogP contribution in [0.3, 0.4) is 0 Å². The molecule has 0 amide bonds. The molecule has 3 unspecified atom stereocenters. The topological polar surface area (TPSA) is 15.3 Å². The fourth-order valence-corrected chi connectivity index (χ4v) is 3.45. The molecule has 0 heterocycles. The molecule has 0 aromatic rings. The van der Waals surface area contributed by atoms with Gasteiger partial charge < -0.3 is 10.2 Å². The fourth-order valence-electron chi connectivity index (χ4n) is 3.45. The van der Waals surface area contributed by atoms with Crippen molar-refractivity contribution >= 4 is 0 Å². The number of hydrogen-bond donors (Lipinski definition) is 1. The van der Waals surface area contributed by atoms with Crippen molar-refractivity contribution in [3.63, 3.8) is 0 Å². The minimum absolute atomic E-state index is 0.755. The lowest BCUT2D eigenvalue weighted by atomic mass is 9.73. The highest BCUT2D eigenvalue weighted by Gasteiger charge is 2.31. The van der Waals surface area contributed by atoms with Gasteiger partial charge in [-0.05, 0) is 56.7 Å². The van der Waals surface area contributed by atoms with E-state index in [0.717, 1.165) is 30.3 Å². The largest absolute Gasteiger partial charge is 0.314 e. The molecule has 0 aromatic heterocycles. The van der Waals surface area contributed by atoms with Crippen LogP contribution in [0, 0.1) is 17.8 Å². The Hall–Kier alpha value is -0.0800. The lowest BCUT2D eigenvalue weighted by Crippen LogP contribution is -2.46. The highest BCUT2D eigenvalue weighted by molar-refractivity contribution is 4.87. The lowest BCUT2D eigenvalue weighted by molar-refractivity contribution is 0.127. The summed E-state index contributed by atoms with van der Waals surface area (Å²) in [4.78, 5) is 2.59. The van der Waals surface area contributed by atoms with E-state index in [1.807, 2.05) is 0 Å². The second-order valence-corrected chi connectivity index (χ2v) is 6.23. The number of rotatable bonds is 7. The van der Waals surface area contributed by atoms with Crippen LogP contribution in [0.5, 0.6) is 0 Å². The molecule has 3 atom stereocenters. The van der Waals surface area contributed by atoms with Crippen molar-refractivity contribution in [2.24, 2.45) is 17.8 Å². The highest BCUT2D eigenvalue weighted by Crippen LogP contribution is 2.34. The van der Waals surface area contributed by atoms with Crippen LogP contribution in [0.2, 0.25) is 0 Å². The van der Waals surface area contributed by atoms with E-state index >= 15 is 0 Å². The maximum Gasteiger partial charge on any atom is 0.0108 e. The second-order valence-electron chi connectivity index (χ2n) is 6.23. The van der Waals surface area contributed by atoms with Crippen molar-refractivity contribution in [3.05, 3.63) is 0 Å². The van der Waals surface area contributed by atoms with Gasteiger partial charge in [0.05, 0.1) is 0 Å². The van der Waals surface area contributed by atoms with Crippen LogP contribution in [0.25, 0.3) is 0 Å². The molecule has 1 N–H and O–H groups in total. The van der Waals surface area contributed by atoms with Gasteiger partial charge in [0, 0.05) is 12.6 Å². The Morgan fingerprint density at radius 1 is 1.11 bits per heavy atom. The molecule has 2 heteroatoms. The zero-order valence-electron chi connectivity index (χ0n) is 13.2. The van der Waals surface area contributed by atoms with E-state index < -0.39 is 0 Å². The highest BCUT2D eigenvalue weighted by atomic mass is 15.1. The van der Waals surface area contributed by atoms with E-state index in [0.29, 0.717) is 0 Å². The van der Waals surface area contributed by atoms with E-state index in [1.165, 1.54) is 38.9 Å². The molecule has 1 aliphatic carbocycles. The normalized spacial score (nSPS) is 29.2. The van der Waals surface area contributed by atoms with Gasteiger partial charge in [-0.1, -0.05) is 34.6 Å². The van der Waals surface area contributed by atoms with Gasteiger partial charge in [0.1, 0.15) is 0 Å². The van der Waals surface area contributed by atoms with Crippen molar-refractivity contribution in [2.45, 2.75) is 59.9 Å². The minimum atomic E-state index is 0.755. The first kappa shape index (κ1) is 16.0. The van der Waals surface area contributed by atoms with Gasteiger partial charge in [-0.25, -0.2) is 0 Å². The van der Waals surface area contributed by atoms with E-state index in [9.17, 15) is 0 Å². The number of nitrogens with one attached hydrogen (secondary N) is 1. The molecule has 0 saturated heterocycles. The standard InChI is InChI=1S/C16H34N2/c1-6-17-16-10-9-14(13(4)5)11-15(16)12-18(7-2)8-3/h13-17H,6-12H2,1-5H3. The number of nitrogens with zero attached hydrogens (tertiary/aromatic N) is 1. The smallest absolute Gasteiger partial charge is 0.0108 e. The van der Waals surface area contributed by atoms with Crippen LogP contribution in [0.4, 0.5) is 0 Å².